The highest BCUT2D eigenvalue weighted by Gasteiger charge is 2.09. The molecule has 3 nitrogen and oxygen atoms in total. The largest absolute Gasteiger partial charge is 0.493 e. The topological polar surface area (TPSA) is 44.5 Å². The zero-order chi connectivity index (χ0) is 12.8. The number of rotatable bonds is 6. The van der Waals surface area contributed by atoms with Crippen LogP contribution in [0.2, 0.25) is 0 Å². The third-order valence-electron chi connectivity index (χ3n) is 2.88. The fraction of sp³-hybridized carbons (Fsp3) is 0.571. The van der Waals surface area contributed by atoms with Crippen LogP contribution in [0, 0.1) is 12.8 Å². The summed E-state index contributed by atoms with van der Waals surface area (Å²) in [6, 6.07) is 6.11. The zero-order valence-corrected chi connectivity index (χ0v) is 11.2. The van der Waals surface area contributed by atoms with Gasteiger partial charge < -0.3 is 15.2 Å². The molecule has 0 aliphatic heterocycles. The molecule has 0 amide bonds. The molecule has 0 spiro atoms. The van der Waals surface area contributed by atoms with Crippen molar-refractivity contribution in [2.45, 2.75) is 33.2 Å². The number of hydrogen-bond donors (Lipinski definition) is 1. The molecular formula is C14H23NO2. The van der Waals surface area contributed by atoms with Crippen LogP contribution in [0.1, 0.15) is 25.8 Å². The molecule has 1 aromatic rings. The van der Waals surface area contributed by atoms with Gasteiger partial charge in [0.05, 0.1) is 13.7 Å². The molecule has 2 N–H and O–H groups in total. The van der Waals surface area contributed by atoms with E-state index in [9.17, 15) is 0 Å². The lowest BCUT2D eigenvalue weighted by atomic mass is 10.0. The van der Waals surface area contributed by atoms with Crippen molar-refractivity contribution in [3.63, 3.8) is 0 Å². The van der Waals surface area contributed by atoms with Crippen molar-refractivity contribution in [3.8, 4) is 11.5 Å². The van der Waals surface area contributed by atoms with Gasteiger partial charge in [-0.3, -0.25) is 0 Å². The quantitative estimate of drug-likeness (QED) is 0.827. The maximum Gasteiger partial charge on any atom is 0.161 e. The Morgan fingerprint density at radius 1 is 1.24 bits per heavy atom. The summed E-state index contributed by atoms with van der Waals surface area (Å²) in [5, 5.41) is 0. The van der Waals surface area contributed by atoms with Crippen molar-refractivity contribution in [1.29, 1.82) is 0 Å². The molecule has 1 atom stereocenters. The summed E-state index contributed by atoms with van der Waals surface area (Å²) in [4.78, 5) is 0. The molecule has 1 rings (SSSR count). The molecular weight excluding hydrogens is 214 g/mol. The minimum atomic E-state index is 0.187. The van der Waals surface area contributed by atoms with Crippen molar-refractivity contribution in [3.05, 3.63) is 23.8 Å². The number of methoxy groups -OCH3 is 1. The van der Waals surface area contributed by atoms with Gasteiger partial charge in [0.25, 0.3) is 0 Å². The van der Waals surface area contributed by atoms with E-state index in [1.807, 2.05) is 25.1 Å². The van der Waals surface area contributed by atoms with Crippen LogP contribution in [-0.4, -0.2) is 19.8 Å². The summed E-state index contributed by atoms with van der Waals surface area (Å²) in [6.45, 7) is 6.90. The maximum atomic E-state index is 5.96. The average Bonchev–Trinajstić information content (AvgIpc) is 2.30. The number of aryl methyl sites for hydroxylation is 1. The Labute approximate surface area is 104 Å². The first kappa shape index (κ1) is 13.8. The van der Waals surface area contributed by atoms with Gasteiger partial charge in [-0.15, -0.1) is 0 Å². The van der Waals surface area contributed by atoms with Gasteiger partial charge in [-0.25, -0.2) is 0 Å². The van der Waals surface area contributed by atoms with E-state index >= 15 is 0 Å². The highest BCUT2D eigenvalue weighted by molar-refractivity contribution is 5.42. The van der Waals surface area contributed by atoms with Crippen LogP contribution in [0.25, 0.3) is 0 Å². The summed E-state index contributed by atoms with van der Waals surface area (Å²) in [5.41, 5.74) is 7.12. The van der Waals surface area contributed by atoms with Gasteiger partial charge in [-0.1, -0.05) is 19.9 Å². The van der Waals surface area contributed by atoms with Gasteiger partial charge in [0, 0.05) is 6.04 Å². The average molecular weight is 237 g/mol. The summed E-state index contributed by atoms with van der Waals surface area (Å²) in [5.74, 6) is 2.05. The van der Waals surface area contributed by atoms with Crippen LogP contribution < -0.4 is 15.2 Å². The summed E-state index contributed by atoms with van der Waals surface area (Å²) < 4.78 is 11.0. The molecule has 0 aliphatic carbocycles. The number of hydrogen-bond acceptors (Lipinski definition) is 3. The number of ether oxygens (including phenoxy) is 2. The molecule has 0 heterocycles. The highest BCUT2D eigenvalue weighted by Crippen LogP contribution is 2.27. The fourth-order valence-corrected chi connectivity index (χ4v) is 1.53. The van der Waals surface area contributed by atoms with Crippen LogP contribution in [0.4, 0.5) is 0 Å². The smallest absolute Gasteiger partial charge is 0.161 e. The molecule has 17 heavy (non-hydrogen) atoms. The lowest BCUT2D eigenvalue weighted by Crippen LogP contribution is -2.28. The van der Waals surface area contributed by atoms with E-state index in [0.29, 0.717) is 12.5 Å². The van der Waals surface area contributed by atoms with Crippen molar-refractivity contribution in [1.82, 2.24) is 0 Å². The first-order valence-corrected chi connectivity index (χ1v) is 6.07. The Hall–Kier alpha value is -1.22. The normalized spacial score (nSPS) is 12.6. The molecule has 0 saturated carbocycles. The second-order valence-corrected chi connectivity index (χ2v) is 4.70. The van der Waals surface area contributed by atoms with E-state index in [-0.39, 0.29) is 6.04 Å². The van der Waals surface area contributed by atoms with E-state index in [1.54, 1.807) is 7.11 Å². The van der Waals surface area contributed by atoms with Crippen LogP contribution >= 0.6 is 0 Å². The van der Waals surface area contributed by atoms with E-state index in [0.717, 1.165) is 23.5 Å². The van der Waals surface area contributed by atoms with Gasteiger partial charge in [0.1, 0.15) is 0 Å². The molecule has 0 aromatic heterocycles. The van der Waals surface area contributed by atoms with E-state index in [2.05, 4.69) is 13.8 Å². The van der Waals surface area contributed by atoms with E-state index in [4.69, 9.17) is 15.2 Å². The Morgan fingerprint density at radius 2 is 1.94 bits per heavy atom. The fourth-order valence-electron chi connectivity index (χ4n) is 1.53. The van der Waals surface area contributed by atoms with E-state index in [1.165, 1.54) is 0 Å². The van der Waals surface area contributed by atoms with E-state index < -0.39 is 0 Å². The molecule has 1 aromatic carbocycles. The van der Waals surface area contributed by atoms with Gasteiger partial charge in [-0.05, 0) is 37.0 Å². The van der Waals surface area contributed by atoms with Crippen molar-refractivity contribution >= 4 is 0 Å². The zero-order valence-electron chi connectivity index (χ0n) is 11.2. The third-order valence-corrected chi connectivity index (χ3v) is 2.88. The maximum absolute atomic E-state index is 5.96. The molecule has 0 aliphatic rings. The first-order valence-electron chi connectivity index (χ1n) is 6.07. The predicted octanol–water partition coefficient (Wildman–Crippen LogP) is 2.76. The van der Waals surface area contributed by atoms with Crippen LogP contribution in [0.3, 0.4) is 0 Å². The minimum absolute atomic E-state index is 0.187. The Kier molecular flexibility index (Phi) is 5.29. The van der Waals surface area contributed by atoms with Crippen LogP contribution in [0.15, 0.2) is 18.2 Å². The van der Waals surface area contributed by atoms with Crippen molar-refractivity contribution in [2.75, 3.05) is 13.7 Å². The second-order valence-electron chi connectivity index (χ2n) is 4.70. The molecule has 0 fully saturated rings. The highest BCUT2D eigenvalue weighted by atomic mass is 16.5. The predicted molar refractivity (Wildman–Crippen MR) is 70.7 cm³/mol. The minimum Gasteiger partial charge on any atom is -0.493 e. The van der Waals surface area contributed by atoms with Crippen molar-refractivity contribution in [2.24, 2.45) is 11.7 Å². The summed E-state index contributed by atoms with van der Waals surface area (Å²) in [6.07, 6.45) is 0.856. The summed E-state index contributed by atoms with van der Waals surface area (Å²) in [7, 11) is 1.65. The number of nitrogens with two attached hydrogens (primary N) is 1. The van der Waals surface area contributed by atoms with Gasteiger partial charge >= 0.3 is 0 Å². The van der Waals surface area contributed by atoms with Gasteiger partial charge in [0.15, 0.2) is 11.5 Å². The third kappa shape index (κ3) is 4.27. The molecule has 96 valence electrons. The molecule has 0 saturated heterocycles. The summed E-state index contributed by atoms with van der Waals surface area (Å²) >= 11 is 0. The van der Waals surface area contributed by atoms with Gasteiger partial charge in [-0.2, -0.15) is 0 Å². The SMILES string of the molecule is COc1cc(C)ccc1OCCC(N)C(C)C. The lowest BCUT2D eigenvalue weighted by Gasteiger charge is -2.16. The van der Waals surface area contributed by atoms with Gasteiger partial charge in [0.2, 0.25) is 0 Å². The van der Waals surface area contributed by atoms with Crippen molar-refractivity contribution < 1.29 is 9.47 Å². The Balaban J connectivity index is 2.52. The molecule has 0 bridgehead atoms. The first-order chi connectivity index (χ1) is 8.04. The monoisotopic (exact) mass is 237 g/mol. The Bertz CT molecular complexity index is 350. The van der Waals surface area contributed by atoms with Crippen LogP contribution in [0.5, 0.6) is 11.5 Å². The molecule has 3 heteroatoms. The Morgan fingerprint density at radius 3 is 2.53 bits per heavy atom. The molecule has 1 unspecified atom stereocenters. The lowest BCUT2D eigenvalue weighted by molar-refractivity contribution is 0.268. The standard InChI is InChI=1S/C14H23NO2/c1-10(2)12(15)7-8-17-13-6-5-11(3)9-14(13)16-4/h5-6,9-10,12H,7-8,15H2,1-4H3. The number of benzene rings is 1. The second kappa shape index (κ2) is 6.50. The molecule has 0 radical (unpaired) electrons. The van der Waals surface area contributed by atoms with Crippen LogP contribution in [-0.2, 0) is 0 Å².